The maximum Gasteiger partial charge on any atom is 0.433 e. The van der Waals surface area contributed by atoms with E-state index in [0.29, 0.717) is 10.2 Å². The standard InChI is InChI=1S/C9H6F3NOS/c10-9(11,12)8-5(4-14)3-7-6(13-8)1-2-15-7/h1-3,14H,4H2. The molecule has 0 unspecified atom stereocenters. The SMILES string of the molecule is OCc1cc2sccc2nc1C(F)(F)F. The molecular formula is C9H6F3NOS. The van der Waals surface area contributed by atoms with E-state index in [2.05, 4.69) is 4.98 Å². The average Bonchev–Trinajstić information content (AvgIpc) is 2.60. The van der Waals surface area contributed by atoms with Gasteiger partial charge in [-0.05, 0) is 17.5 Å². The highest BCUT2D eigenvalue weighted by Crippen LogP contribution is 2.33. The van der Waals surface area contributed by atoms with Crippen LogP contribution in [-0.4, -0.2) is 10.1 Å². The fourth-order valence-electron chi connectivity index (χ4n) is 1.30. The van der Waals surface area contributed by atoms with Gasteiger partial charge in [0.2, 0.25) is 0 Å². The molecule has 0 saturated heterocycles. The van der Waals surface area contributed by atoms with Crippen LogP contribution in [0.15, 0.2) is 17.5 Å². The third-order valence-corrected chi connectivity index (χ3v) is 2.81. The van der Waals surface area contributed by atoms with E-state index in [-0.39, 0.29) is 5.56 Å². The number of aromatic nitrogens is 1. The first-order valence-electron chi connectivity index (χ1n) is 4.07. The van der Waals surface area contributed by atoms with Crippen molar-refractivity contribution in [1.82, 2.24) is 4.98 Å². The zero-order chi connectivity index (χ0) is 11.1. The maximum atomic E-state index is 12.5. The van der Waals surface area contributed by atoms with E-state index in [1.54, 1.807) is 5.38 Å². The summed E-state index contributed by atoms with van der Waals surface area (Å²) in [5.74, 6) is 0. The molecule has 0 spiro atoms. The molecule has 0 aliphatic carbocycles. The van der Waals surface area contributed by atoms with E-state index in [1.165, 1.54) is 23.5 Å². The lowest BCUT2D eigenvalue weighted by atomic mass is 10.2. The lowest BCUT2D eigenvalue weighted by Gasteiger charge is -2.09. The van der Waals surface area contributed by atoms with E-state index in [4.69, 9.17) is 5.11 Å². The third kappa shape index (κ3) is 1.82. The van der Waals surface area contributed by atoms with Gasteiger partial charge in [0.25, 0.3) is 0 Å². The minimum absolute atomic E-state index is 0.183. The van der Waals surface area contributed by atoms with Gasteiger partial charge in [0.05, 0.1) is 16.8 Å². The summed E-state index contributed by atoms with van der Waals surface area (Å²) in [7, 11) is 0. The van der Waals surface area contributed by atoms with E-state index in [9.17, 15) is 13.2 Å². The molecule has 0 aliphatic rings. The number of alkyl halides is 3. The Morgan fingerprint density at radius 3 is 2.73 bits per heavy atom. The summed E-state index contributed by atoms with van der Waals surface area (Å²) in [6, 6.07) is 2.85. The lowest BCUT2D eigenvalue weighted by molar-refractivity contribution is -0.142. The second-order valence-electron chi connectivity index (χ2n) is 2.96. The van der Waals surface area contributed by atoms with Crippen LogP contribution in [0.5, 0.6) is 0 Å². The lowest BCUT2D eigenvalue weighted by Crippen LogP contribution is -2.11. The van der Waals surface area contributed by atoms with Crippen LogP contribution in [0.4, 0.5) is 13.2 Å². The Morgan fingerprint density at radius 1 is 1.40 bits per heavy atom. The number of hydrogen-bond donors (Lipinski definition) is 1. The van der Waals surface area contributed by atoms with Crippen LogP contribution in [0.1, 0.15) is 11.3 Å². The highest BCUT2D eigenvalue weighted by molar-refractivity contribution is 7.17. The van der Waals surface area contributed by atoms with E-state index < -0.39 is 18.5 Å². The van der Waals surface area contributed by atoms with Gasteiger partial charge in [-0.1, -0.05) is 0 Å². The number of hydrogen-bond acceptors (Lipinski definition) is 3. The number of thiophene rings is 1. The predicted octanol–water partition coefficient (Wildman–Crippen LogP) is 2.81. The molecule has 2 heterocycles. The molecule has 80 valence electrons. The fraction of sp³-hybridized carbons (Fsp3) is 0.222. The molecule has 0 aliphatic heterocycles. The minimum Gasteiger partial charge on any atom is -0.392 e. The molecule has 0 atom stereocenters. The summed E-state index contributed by atoms with van der Waals surface area (Å²) in [5.41, 5.74) is -0.877. The number of aliphatic hydroxyl groups is 1. The third-order valence-electron chi connectivity index (χ3n) is 1.95. The van der Waals surface area contributed by atoms with E-state index in [0.717, 1.165) is 0 Å². The van der Waals surface area contributed by atoms with Crippen molar-refractivity contribution in [2.45, 2.75) is 12.8 Å². The van der Waals surface area contributed by atoms with Crippen LogP contribution in [0.25, 0.3) is 10.2 Å². The quantitative estimate of drug-likeness (QED) is 0.821. The Hall–Kier alpha value is -1.14. The number of rotatable bonds is 1. The predicted molar refractivity (Wildman–Crippen MR) is 50.5 cm³/mol. The van der Waals surface area contributed by atoms with Crippen molar-refractivity contribution in [3.05, 3.63) is 28.8 Å². The highest BCUT2D eigenvalue weighted by Gasteiger charge is 2.35. The Bertz CT molecular complexity index is 492. The maximum absolute atomic E-state index is 12.5. The van der Waals surface area contributed by atoms with Gasteiger partial charge in [-0.25, -0.2) is 4.98 Å². The normalized spacial score (nSPS) is 12.3. The van der Waals surface area contributed by atoms with Crippen molar-refractivity contribution in [2.75, 3.05) is 0 Å². The summed E-state index contributed by atoms with van der Waals surface area (Å²) < 4.78 is 38.1. The highest BCUT2D eigenvalue weighted by atomic mass is 32.1. The Morgan fingerprint density at radius 2 is 2.13 bits per heavy atom. The number of pyridine rings is 1. The van der Waals surface area contributed by atoms with Crippen molar-refractivity contribution in [1.29, 1.82) is 0 Å². The second-order valence-corrected chi connectivity index (χ2v) is 3.90. The van der Waals surface area contributed by atoms with Crippen LogP contribution in [0.3, 0.4) is 0 Å². The fourth-order valence-corrected chi connectivity index (χ4v) is 2.09. The van der Waals surface area contributed by atoms with Crippen molar-refractivity contribution >= 4 is 21.6 Å². The van der Waals surface area contributed by atoms with Crippen LogP contribution < -0.4 is 0 Å². The zero-order valence-corrected chi connectivity index (χ0v) is 8.19. The number of aliphatic hydroxyl groups excluding tert-OH is 1. The molecule has 2 nitrogen and oxygen atoms in total. The van der Waals surface area contributed by atoms with Gasteiger partial charge in [0, 0.05) is 5.56 Å². The van der Waals surface area contributed by atoms with Crippen LogP contribution in [0, 0.1) is 0 Å². The van der Waals surface area contributed by atoms with Crippen LogP contribution in [-0.2, 0) is 12.8 Å². The minimum atomic E-state index is -4.52. The van der Waals surface area contributed by atoms with Gasteiger partial charge in [-0.2, -0.15) is 13.2 Å². The molecule has 1 N–H and O–H groups in total. The molecule has 2 rings (SSSR count). The van der Waals surface area contributed by atoms with Crippen molar-refractivity contribution < 1.29 is 18.3 Å². The Kier molecular flexibility index (Phi) is 2.40. The molecule has 0 aromatic carbocycles. The Balaban J connectivity index is 2.70. The summed E-state index contributed by atoms with van der Waals surface area (Å²) >= 11 is 1.30. The van der Waals surface area contributed by atoms with Crippen LogP contribution in [0.2, 0.25) is 0 Å². The number of fused-ring (bicyclic) bond motifs is 1. The molecule has 0 radical (unpaired) electrons. The molecule has 0 fully saturated rings. The summed E-state index contributed by atoms with van der Waals surface area (Å²) in [6.07, 6.45) is -4.52. The smallest absolute Gasteiger partial charge is 0.392 e. The van der Waals surface area contributed by atoms with Crippen molar-refractivity contribution in [3.8, 4) is 0 Å². The first-order valence-corrected chi connectivity index (χ1v) is 4.95. The number of halogens is 3. The van der Waals surface area contributed by atoms with E-state index in [1.807, 2.05) is 0 Å². The monoisotopic (exact) mass is 233 g/mol. The number of nitrogens with zero attached hydrogens (tertiary/aromatic N) is 1. The van der Waals surface area contributed by atoms with Gasteiger partial charge in [0.1, 0.15) is 0 Å². The Labute approximate surface area is 87.0 Å². The molecule has 2 aromatic rings. The molecule has 2 aromatic heterocycles. The molecule has 6 heteroatoms. The topological polar surface area (TPSA) is 33.1 Å². The average molecular weight is 233 g/mol. The molecule has 0 bridgehead atoms. The molecule has 15 heavy (non-hydrogen) atoms. The molecule has 0 saturated carbocycles. The van der Waals surface area contributed by atoms with Gasteiger partial charge in [0.15, 0.2) is 5.69 Å². The second kappa shape index (κ2) is 3.46. The van der Waals surface area contributed by atoms with Crippen molar-refractivity contribution in [3.63, 3.8) is 0 Å². The zero-order valence-electron chi connectivity index (χ0n) is 7.38. The molecule has 0 amide bonds. The van der Waals surface area contributed by atoms with Gasteiger partial charge in [-0.3, -0.25) is 0 Å². The van der Waals surface area contributed by atoms with Gasteiger partial charge in [-0.15, -0.1) is 11.3 Å². The summed E-state index contributed by atoms with van der Waals surface area (Å²) in [4.78, 5) is 3.50. The van der Waals surface area contributed by atoms with Gasteiger partial charge < -0.3 is 5.11 Å². The molecular weight excluding hydrogens is 227 g/mol. The van der Waals surface area contributed by atoms with Crippen molar-refractivity contribution in [2.24, 2.45) is 0 Å². The summed E-state index contributed by atoms with van der Waals surface area (Å²) in [5, 5.41) is 10.5. The van der Waals surface area contributed by atoms with Gasteiger partial charge >= 0.3 is 6.18 Å². The first-order chi connectivity index (χ1) is 7.02. The summed E-state index contributed by atoms with van der Waals surface area (Å²) in [6.45, 7) is -0.657. The first kappa shape index (κ1) is 10.4. The largest absolute Gasteiger partial charge is 0.433 e. The van der Waals surface area contributed by atoms with Crippen LogP contribution >= 0.6 is 11.3 Å². The van der Waals surface area contributed by atoms with E-state index >= 15 is 0 Å².